The molecule has 122 valence electrons. The quantitative estimate of drug-likeness (QED) is 0.870. The molecule has 1 aliphatic rings. The number of hydrogen-bond donors (Lipinski definition) is 2. The highest BCUT2D eigenvalue weighted by molar-refractivity contribution is 7.89. The van der Waals surface area contributed by atoms with E-state index in [-0.39, 0.29) is 18.4 Å². The highest BCUT2D eigenvalue weighted by atomic mass is 35.5. The summed E-state index contributed by atoms with van der Waals surface area (Å²) in [4.78, 5) is 0.364. The molecule has 0 bridgehead atoms. The van der Waals surface area contributed by atoms with Gasteiger partial charge in [-0.05, 0) is 31.7 Å². The highest BCUT2D eigenvalue weighted by Gasteiger charge is 2.30. The van der Waals surface area contributed by atoms with Crippen molar-refractivity contribution in [2.24, 2.45) is 18.7 Å². The first kappa shape index (κ1) is 17.3. The largest absolute Gasteiger partial charge is 0.347 e. The lowest BCUT2D eigenvalue weighted by molar-refractivity contribution is 0.547. The maximum Gasteiger partial charge on any atom is 0.243 e. The molecule has 0 spiro atoms. The molecule has 1 saturated carbocycles. The second-order valence-electron chi connectivity index (χ2n) is 5.84. The number of aromatic nitrogens is 1. The number of benzene rings is 1. The maximum absolute atomic E-state index is 12.6. The molecular formula is C15H22ClN3O2S. The van der Waals surface area contributed by atoms with Gasteiger partial charge in [0.05, 0.1) is 0 Å². The summed E-state index contributed by atoms with van der Waals surface area (Å²) in [7, 11) is -1.67. The number of nitrogens with one attached hydrogen (secondary N) is 1. The van der Waals surface area contributed by atoms with Gasteiger partial charge in [-0.15, -0.1) is 12.4 Å². The fourth-order valence-corrected chi connectivity index (χ4v) is 4.34. The van der Waals surface area contributed by atoms with E-state index in [1.54, 1.807) is 0 Å². The first-order chi connectivity index (χ1) is 9.92. The summed E-state index contributed by atoms with van der Waals surface area (Å²) >= 11 is 0. The van der Waals surface area contributed by atoms with E-state index in [9.17, 15) is 8.42 Å². The zero-order chi connectivity index (χ0) is 15.2. The molecule has 22 heavy (non-hydrogen) atoms. The van der Waals surface area contributed by atoms with Crippen LogP contribution in [0.2, 0.25) is 0 Å². The van der Waals surface area contributed by atoms with Crippen LogP contribution in [0.3, 0.4) is 0 Å². The Morgan fingerprint density at radius 2 is 2.00 bits per heavy atom. The first-order valence-corrected chi connectivity index (χ1v) is 8.69. The van der Waals surface area contributed by atoms with E-state index >= 15 is 0 Å². The van der Waals surface area contributed by atoms with Crippen molar-refractivity contribution in [2.45, 2.75) is 30.7 Å². The van der Waals surface area contributed by atoms with Crippen LogP contribution in [0.4, 0.5) is 0 Å². The van der Waals surface area contributed by atoms with Gasteiger partial charge in [-0.25, -0.2) is 13.1 Å². The van der Waals surface area contributed by atoms with Crippen LogP contribution in [0.15, 0.2) is 29.2 Å². The van der Waals surface area contributed by atoms with E-state index in [0.717, 1.165) is 29.4 Å². The molecule has 2 aromatic rings. The standard InChI is InChI=1S/C15H21N3O2S.ClH/c1-10-15(12-5-3-4-6-14(12)18(10)2)21(19,20)17-9-13(16)11-7-8-11;/h3-6,11,13,17H,7-9,16H2,1-2H3;1H. The van der Waals surface area contributed by atoms with E-state index in [0.29, 0.717) is 17.4 Å². The summed E-state index contributed by atoms with van der Waals surface area (Å²) < 4.78 is 29.9. The number of fused-ring (bicyclic) bond motifs is 1. The average molecular weight is 344 g/mol. The molecule has 1 fully saturated rings. The molecule has 1 atom stereocenters. The Balaban J connectivity index is 0.00000176. The molecule has 1 aromatic carbocycles. The van der Waals surface area contributed by atoms with Gasteiger partial charge in [-0.1, -0.05) is 18.2 Å². The van der Waals surface area contributed by atoms with Crippen molar-refractivity contribution in [2.75, 3.05) is 6.54 Å². The van der Waals surface area contributed by atoms with Crippen LogP contribution in [0.1, 0.15) is 18.5 Å². The number of nitrogens with two attached hydrogens (primary N) is 1. The van der Waals surface area contributed by atoms with E-state index in [2.05, 4.69) is 4.72 Å². The Labute approximate surface area is 137 Å². The topological polar surface area (TPSA) is 77.1 Å². The van der Waals surface area contributed by atoms with Gasteiger partial charge in [-0.3, -0.25) is 0 Å². The molecule has 1 unspecified atom stereocenters. The van der Waals surface area contributed by atoms with Crippen LogP contribution in [-0.2, 0) is 17.1 Å². The monoisotopic (exact) mass is 343 g/mol. The predicted octanol–water partition coefficient (Wildman–Crippen LogP) is 1.92. The minimum atomic E-state index is -3.55. The third kappa shape index (κ3) is 3.01. The third-order valence-corrected chi connectivity index (χ3v) is 5.95. The number of hydrogen-bond acceptors (Lipinski definition) is 3. The average Bonchev–Trinajstić information content (AvgIpc) is 3.25. The van der Waals surface area contributed by atoms with Gasteiger partial charge < -0.3 is 10.3 Å². The second-order valence-corrected chi connectivity index (χ2v) is 7.55. The van der Waals surface area contributed by atoms with Gasteiger partial charge in [0.25, 0.3) is 0 Å². The molecule has 0 radical (unpaired) electrons. The van der Waals surface area contributed by atoms with Crippen molar-refractivity contribution in [3.63, 3.8) is 0 Å². The summed E-state index contributed by atoms with van der Waals surface area (Å²) in [6, 6.07) is 7.45. The molecule has 0 saturated heterocycles. The fourth-order valence-electron chi connectivity index (χ4n) is 2.79. The van der Waals surface area contributed by atoms with Crippen molar-refractivity contribution >= 4 is 33.3 Å². The van der Waals surface area contributed by atoms with Crippen LogP contribution in [0.25, 0.3) is 10.9 Å². The third-order valence-electron chi connectivity index (χ3n) is 4.35. The molecule has 1 aromatic heterocycles. The van der Waals surface area contributed by atoms with E-state index in [1.807, 2.05) is 42.8 Å². The van der Waals surface area contributed by atoms with E-state index < -0.39 is 10.0 Å². The number of rotatable bonds is 5. The van der Waals surface area contributed by atoms with Gasteiger partial charge in [-0.2, -0.15) is 0 Å². The Bertz CT molecular complexity index is 781. The summed E-state index contributed by atoms with van der Waals surface area (Å²) in [5.74, 6) is 0.473. The minimum Gasteiger partial charge on any atom is -0.347 e. The Kier molecular flexibility index (Phi) is 4.87. The number of sulfonamides is 1. The number of aryl methyl sites for hydroxylation is 1. The molecule has 5 nitrogen and oxygen atoms in total. The second kappa shape index (κ2) is 6.20. The van der Waals surface area contributed by atoms with Crippen molar-refractivity contribution in [3.8, 4) is 0 Å². The molecule has 3 rings (SSSR count). The van der Waals surface area contributed by atoms with Gasteiger partial charge in [0.1, 0.15) is 4.90 Å². The Hall–Kier alpha value is -1.08. The van der Waals surface area contributed by atoms with Gasteiger partial charge in [0.15, 0.2) is 0 Å². The van der Waals surface area contributed by atoms with Gasteiger partial charge >= 0.3 is 0 Å². The van der Waals surface area contributed by atoms with Crippen LogP contribution in [0, 0.1) is 12.8 Å². The van der Waals surface area contributed by atoms with Crippen LogP contribution in [0.5, 0.6) is 0 Å². The number of para-hydroxylation sites is 1. The number of nitrogens with zero attached hydrogens (tertiary/aromatic N) is 1. The molecule has 0 aliphatic heterocycles. The lowest BCUT2D eigenvalue weighted by Crippen LogP contribution is -2.38. The van der Waals surface area contributed by atoms with Crippen molar-refractivity contribution in [3.05, 3.63) is 30.0 Å². The van der Waals surface area contributed by atoms with Crippen molar-refractivity contribution < 1.29 is 8.42 Å². The molecule has 1 aliphatic carbocycles. The Morgan fingerprint density at radius 1 is 1.36 bits per heavy atom. The predicted molar refractivity (Wildman–Crippen MR) is 90.8 cm³/mol. The van der Waals surface area contributed by atoms with Crippen LogP contribution >= 0.6 is 12.4 Å². The van der Waals surface area contributed by atoms with Crippen LogP contribution < -0.4 is 10.5 Å². The van der Waals surface area contributed by atoms with Crippen LogP contribution in [-0.4, -0.2) is 25.6 Å². The molecule has 0 amide bonds. The summed E-state index contributed by atoms with van der Waals surface area (Å²) in [5.41, 5.74) is 7.65. The molecule has 7 heteroatoms. The van der Waals surface area contributed by atoms with Gasteiger partial charge in [0.2, 0.25) is 10.0 Å². The lowest BCUT2D eigenvalue weighted by atomic mass is 10.2. The van der Waals surface area contributed by atoms with E-state index in [4.69, 9.17) is 5.73 Å². The normalized spacial score (nSPS) is 16.5. The molecule has 3 N–H and O–H groups in total. The van der Waals surface area contributed by atoms with Gasteiger partial charge in [0, 0.05) is 36.2 Å². The molecular weight excluding hydrogens is 322 g/mol. The lowest BCUT2D eigenvalue weighted by Gasteiger charge is -2.12. The molecule has 1 heterocycles. The fraction of sp³-hybridized carbons (Fsp3) is 0.467. The van der Waals surface area contributed by atoms with E-state index in [1.165, 1.54) is 0 Å². The maximum atomic E-state index is 12.6. The highest BCUT2D eigenvalue weighted by Crippen LogP contribution is 2.32. The SMILES string of the molecule is Cc1c(S(=O)(=O)NCC(N)C2CC2)c2ccccc2n1C.Cl. The zero-order valence-corrected chi connectivity index (χ0v) is 14.4. The zero-order valence-electron chi connectivity index (χ0n) is 12.7. The van der Waals surface area contributed by atoms with Crippen molar-refractivity contribution in [1.29, 1.82) is 0 Å². The minimum absolute atomic E-state index is 0. The Morgan fingerprint density at radius 3 is 2.64 bits per heavy atom. The summed E-state index contributed by atoms with van der Waals surface area (Å²) in [5, 5.41) is 0.755. The smallest absolute Gasteiger partial charge is 0.243 e. The van der Waals surface area contributed by atoms with Crippen molar-refractivity contribution in [1.82, 2.24) is 9.29 Å². The number of halogens is 1. The summed E-state index contributed by atoms with van der Waals surface area (Å²) in [6.45, 7) is 2.13. The summed E-state index contributed by atoms with van der Waals surface area (Å²) in [6.07, 6.45) is 2.21. The first-order valence-electron chi connectivity index (χ1n) is 7.21.